The lowest BCUT2D eigenvalue weighted by molar-refractivity contribution is 0.122. The summed E-state index contributed by atoms with van der Waals surface area (Å²) in [6, 6.07) is 7.64. The lowest BCUT2D eigenvalue weighted by atomic mass is 10.0. The largest absolute Gasteiger partial charge is 0.391 e. The summed E-state index contributed by atoms with van der Waals surface area (Å²) in [5.74, 6) is 1.86. The Hall–Kier alpha value is -2.01. The van der Waals surface area contributed by atoms with E-state index >= 15 is 0 Å². The van der Waals surface area contributed by atoms with Gasteiger partial charge in [0.25, 0.3) is 0 Å². The van der Waals surface area contributed by atoms with E-state index in [1.54, 1.807) is 6.20 Å². The summed E-state index contributed by atoms with van der Waals surface area (Å²) < 4.78 is 0. The number of hydrogen-bond donors (Lipinski definition) is 2. The fourth-order valence-electron chi connectivity index (χ4n) is 3.02. The summed E-state index contributed by atoms with van der Waals surface area (Å²) in [7, 11) is 0. The van der Waals surface area contributed by atoms with Gasteiger partial charge in [-0.15, -0.1) is 0 Å². The molecule has 1 unspecified atom stereocenters. The second kappa shape index (κ2) is 6.83. The normalized spacial score (nSPS) is 16.6. The van der Waals surface area contributed by atoms with Crippen molar-refractivity contribution >= 4 is 5.82 Å². The average Bonchev–Trinajstić information content (AvgIpc) is 3.07. The van der Waals surface area contributed by atoms with E-state index in [1.165, 1.54) is 12.8 Å². The van der Waals surface area contributed by atoms with Crippen LogP contribution < -0.4 is 5.32 Å². The minimum absolute atomic E-state index is 0.309. The average molecular weight is 298 g/mol. The summed E-state index contributed by atoms with van der Waals surface area (Å²) in [5.41, 5.74) is 1.62. The van der Waals surface area contributed by atoms with Gasteiger partial charge in [0.15, 0.2) is 0 Å². The van der Waals surface area contributed by atoms with E-state index < -0.39 is 0 Å². The second-order valence-electron chi connectivity index (χ2n) is 5.89. The molecule has 1 fully saturated rings. The summed E-state index contributed by atoms with van der Waals surface area (Å²) in [6.07, 6.45) is 6.17. The SMILES string of the molecule is Cc1nc(NCC(O)C2CCCC2)cc(-c2ccccn2)n1. The molecule has 0 aromatic carbocycles. The molecule has 0 saturated heterocycles. The first-order chi connectivity index (χ1) is 10.7. The van der Waals surface area contributed by atoms with Gasteiger partial charge in [-0.25, -0.2) is 9.97 Å². The number of aryl methyl sites for hydroxylation is 1. The molecular formula is C17H22N4O. The number of aliphatic hydroxyl groups excluding tert-OH is 1. The van der Waals surface area contributed by atoms with Gasteiger partial charge in [-0.3, -0.25) is 4.98 Å². The number of hydrogen-bond acceptors (Lipinski definition) is 5. The Labute approximate surface area is 130 Å². The molecule has 0 spiro atoms. The van der Waals surface area contributed by atoms with Crippen LogP contribution in [0.3, 0.4) is 0 Å². The lowest BCUT2D eigenvalue weighted by Gasteiger charge is -2.18. The predicted molar refractivity (Wildman–Crippen MR) is 86.5 cm³/mol. The Morgan fingerprint density at radius 2 is 2.05 bits per heavy atom. The number of pyridine rings is 1. The van der Waals surface area contributed by atoms with Gasteiger partial charge in [0.1, 0.15) is 11.6 Å². The Bertz CT molecular complexity index is 611. The Morgan fingerprint density at radius 1 is 1.23 bits per heavy atom. The molecule has 1 aliphatic rings. The number of rotatable bonds is 5. The standard InChI is InChI=1S/C17H22N4O/c1-12-20-15(14-8-4-5-9-18-14)10-17(21-12)19-11-16(22)13-6-2-3-7-13/h4-5,8-10,13,16,22H,2-3,6-7,11H2,1H3,(H,19,20,21). The number of nitrogens with one attached hydrogen (secondary N) is 1. The minimum Gasteiger partial charge on any atom is -0.391 e. The van der Waals surface area contributed by atoms with Gasteiger partial charge in [0.05, 0.1) is 17.5 Å². The van der Waals surface area contributed by atoms with Crippen LogP contribution in [0.5, 0.6) is 0 Å². The highest BCUT2D eigenvalue weighted by Crippen LogP contribution is 2.28. The molecule has 1 aliphatic carbocycles. The van der Waals surface area contributed by atoms with E-state index in [0.29, 0.717) is 18.3 Å². The van der Waals surface area contributed by atoms with Gasteiger partial charge < -0.3 is 10.4 Å². The smallest absolute Gasteiger partial charge is 0.130 e. The van der Waals surface area contributed by atoms with Crippen LogP contribution in [-0.2, 0) is 0 Å². The maximum Gasteiger partial charge on any atom is 0.130 e. The van der Waals surface area contributed by atoms with Crippen molar-refractivity contribution in [1.29, 1.82) is 0 Å². The third-order valence-electron chi connectivity index (χ3n) is 4.20. The van der Waals surface area contributed by atoms with Gasteiger partial charge in [0.2, 0.25) is 0 Å². The minimum atomic E-state index is -0.309. The highest BCUT2D eigenvalue weighted by Gasteiger charge is 2.22. The van der Waals surface area contributed by atoms with Crippen molar-refractivity contribution in [3.05, 3.63) is 36.3 Å². The van der Waals surface area contributed by atoms with Crippen molar-refractivity contribution in [1.82, 2.24) is 15.0 Å². The van der Waals surface area contributed by atoms with Crippen molar-refractivity contribution in [3.63, 3.8) is 0 Å². The zero-order valence-electron chi connectivity index (χ0n) is 12.9. The summed E-state index contributed by atoms with van der Waals surface area (Å²) in [6.45, 7) is 2.40. The van der Waals surface area contributed by atoms with E-state index in [-0.39, 0.29) is 6.10 Å². The molecule has 3 rings (SSSR count). The molecule has 2 heterocycles. The van der Waals surface area contributed by atoms with Gasteiger partial charge >= 0.3 is 0 Å². The monoisotopic (exact) mass is 298 g/mol. The summed E-state index contributed by atoms with van der Waals surface area (Å²) >= 11 is 0. The Balaban J connectivity index is 1.70. The zero-order chi connectivity index (χ0) is 15.4. The lowest BCUT2D eigenvalue weighted by Crippen LogP contribution is -2.27. The molecule has 1 atom stereocenters. The zero-order valence-corrected chi connectivity index (χ0v) is 12.9. The highest BCUT2D eigenvalue weighted by atomic mass is 16.3. The van der Waals surface area contributed by atoms with Crippen molar-refractivity contribution in [2.45, 2.75) is 38.7 Å². The number of aromatic nitrogens is 3. The topological polar surface area (TPSA) is 70.9 Å². The molecule has 116 valence electrons. The van der Waals surface area contributed by atoms with Crippen molar-refractivity contribution < 1.29 is 5.11 Å². The molecule has 0 radical (unpaired) electrons. The van der Waals surface area contributed by atoms with E-state index in [1.807, 2.05) is 31.2 Å². The molecule has 5 heteroatoms. The van der Waals surface area contributed by atoms with Crippen LogP contribution in [0.1, 0.15) is 31.5 Å². The molecule has 22 heavy (non-hydrogen) atoms. The molecular weight excluding hydrogens is 276 g/mol. The molecule has 0 amide bonds. The molecule has 2 aromatic rings. The molecule has 2 N–H and O–H groups in total. The van der Waals surface area contributed by atoms with Gasteiger partial charge in [-0.1, -0.05) is 18.9 Å². The fourth-order valence-corrected chi connectivity index (χ4v) is 3.02. The number of aliphatic hydroxyl groups is 1. The Morgan fingerprint density at radius 3 is 2.77 bits per heavy atom. The van der Waals surface area contributed by atoms with Gasteiger partial charge in [0, 0.05) is 18.8 Å². The third-order valence-corrected chi connectivity index (χ3v) is 4.20. The van der Waals surface area contributed by atoms with Crippen molar-refractivity contribution in [2.24, 2.45) is 5.92 Å². The molecule has 0 bridgehead atoms. The van der Waals surface area contributed by atoms with E-state index in [2.05, 4.69) is 20.3 Å². The predicted octanol–water partition coefficient (Wildman–Crippen LogP) is 2.81. The van der Waals surface area contributed by atoms with Crippen LogP contribution in [-0.4, -0.2) is 32.7 Å². The van der Waals surface area contributed by atoms with E-state index in [4.69, 9.17) is 0 Å². The van der Waals surface area contributed by atoms with Crippen molar-refractivity contribution in [2.75, 3.05) is 11.9 Å². The number of nitrogens with zero attached hydrogens (tertiary/aromatic N) is 3. The first kappa shape index (κ1) is 14.9. The summed E-state index contributed by atoms with van der Waals surface area (Å²) in [4.78, 5) is 13.2. The number of anilines is 1. The van der Waals surface area contributed by atoms with Gasteiger partial charge in [-0.05, 0) is 37.8 Å². The van der Waals surface area contributed by atoms with Crippen molar-refractivity contribution in [3.8, 4) is 11.4 Å². The quantitative estimate of drug-likeness (QED) is 0.888. The summed E-state index contributed by atoms with van der Waals surface area (Å²) in [5, 5.41) is 13.5. The molecule has 1 saturated carbocycles. The maximum atomic E-state index is 10.2. The highest BCUT2D eigenvalue weighted by molar-refractivity contribution is 5.58. The third kappa shape index (κ3) is 3.60. The van der Waals surface area contributed by atoms with Crippen LogP contribution in [0.2, 0.25) is 0 Å². The fraction of sp³-hybridized carbons (Fsp3) is 0.471. The first-order valence-electron chi connectivity index (χ1n) is 7.91. The van der Waals surface area contributed by atoms with E-state index in [0.717, 1.165) is 30.0 Å². The van der Waals surface area contributed by atoms with Gasteiger partial charge in [-0.2, -0.15) is 0 Å². The van der Waals surface area contributed by atoms with Crippen LogP contribution in [0.25, 0.3) is 11.4 Å². The molecule has 5 nitrogen and oxygen atoms in total. The molecule has 2 aromatic heterocycles. The van der Waals surface area contributed by atoms with Crippen LogP contribution in [0, 0.1) is 12.8 Å². The second-order valence-corrected chi connectivity index (χ2v) is 5.89. The first-order valence-corrected chi connectivity index (χ1v) is 7.91. The van der Waals surface area contributed by atoms with Crippen LogP contribution in [0.4, 0.5) is 5.82 Å². The maximum absolute atomic E-state index is 10.2. The Kier molecular flexibility index (Phi) is 4.63. The van der Waals surface area contributed by atoms with Crippen LogP contribution >= 0.6 is 0 Å². The van der Waals surface area contributed by atoms with E-state index in [9.17, 15) is 5.11 Å². The van der Waals surface area contributed by atoms with Crippen LogP contribution in [0.15, 0.2) is 30.5 Å². The molecule has 0 aliphatic heterocycles.